The minimum atomic E-state index is -0.648. The molecule has 6 nitrogen and oxygen atoms in total. The minimum Gasteiger partial charge on any atom is -0.271 e. The van der Waals surface area contributed by atoms with E-state index in [0.29, 0.717) is 13.0 Å². The first kappa shape index (κ1) is 22.5. The summed E-state index contributed by atoms with van der Waals surface area (Å²) in [5.41, 5.74) is 3.62. The monoisotopic (exact) mass is 482 g/mol. The highest BCUT2D eigenvalue weighted by molar-refractivity contribution is 5.64. The molecule has 2 bridgehead atoms. The predicted molar refractivity (Wildman–Crippen MR) is 130 cm³/mol. The van der Waals surface area contributed by atoms with Crippen molar-refractivity contribution < 1.29 is 8.78 Å². The normalized spacial score (nSPS) is 21.4. The molecule has 3 aromatic heterocycles. The Balaban J connectivity index is 1.45. The van der Waals surface area contributed by atoms with E-state index < -0.39 is 17.0 Å². The molecule has 8 heteroatoms. The zero-order valence-corrected chi connectivity index (χ0v) is 20.0. The van der Waals surface area contributed by atoms with Crippen LogP contribution in [0.5, 0.6) is 0 Å². The summed E-state index contributed by atoms with van der Waals surface area (Å²) in [5, 5.41) is 22.4. The molecule has 180 valence electrons. The van der Waals surface area contributed by atoms with Gasteiger partial charge in [-0.05, 0) is 66.1 Å². The third-order valence-corrected chi connectivity index (χ3v) is 8.14. The summed E-state index contributed by atoms with van der Waals surface area (Å²) >= 11 is 0. The number of rotatable bonds is 5. The lowest BCUT2D eigenvalue weighted by atomic mass is 9.66. The van der Waals surface area contributed by atoms with E-state index in [4.69, 9.17) is 10.2 Å². The van der Waals surface area contributed by atoms with Crippen LogP contribution < -0.4 is 0 Å². The van der Waals surface area contributed by atoms with E-state index in [-0.39, 0.29) is 22.6 Å². The molecule has 6 rings (SSSR count). The second kappa shape index (κ2) is 8.02. The average molecular weight is 483 g/mol. The topological polar surface area (TPSA) is 80.3 Å². The number of pyridine rings is 1. The van der Waals surface area contributed by atoms with Gasteiger partial charge in [0.2, 0.25) is 0 Å². The number of hydrogen-bond donors (Lipinski definition) is 0. The zero-order chi connectivity index (χ0) is 25.1. The molecule has 0 aliphatic heterocycles. The lowest BCUT2D eigenvalue weighted by molar-refractivity contribution is 0.243. The van der Waals surface area contributed by atoms with Gasteiger partial charge in [-0.25, -0.2) is 8.78 Å². The van der Waals surface area contributed by atoms with Crippen LogP contribution in [0.4, 0.5) is 8.78 Å². The first-order chi connectivity index (χ1) is 17.4. The molecule has 0 unspecified atom stereocenters. The van der Waals surface area contributed by atoms with Crippen LogP contribution in [0.25, 0.3) is 22.6 Å². The number of hydrogen-bond acceptors (Lipinski definition) is 5. The van der Waals surface area contributed by atoms with Crippen LogP contribution in [0.3, 0.4) is 0 Å². The van der Waals surface area contributed by atoms with Gasteiger partial charge in [-0.15, -0.1) is 5.10 Å². The van der Waals surface area contributed by atoms with E-state index in [1.54, 1.807) is 4.68 Å². The maximum atomic E-state index is 14.5. The molecule has 0 amide bonds. The maximum Gasteiger partial charge on any atom is 0.135 e. The van der Waals surface area contributed by atoms with E-state index in [1.807, 2.05) is 36.5 Å². The molecule has 0 saturated heterocycles. The van der Waals surface area contributed by atoms with Gasteiger partial charge in [0.1, 0.15) is 17.3 Å². The van der Waals surface area contributed by atoms with Crippen LogP contribution in [0.15, 0.2) is 54.7 Å². The summed E-state index contributed by atoms with van der Waals surface area (Å²) in [5.74, 6) is -1.12. The molecule has 1 aromatic carbocycles. The van der Waals surface area contributed by atoms with Crippen molar-refractivity contribution >= 4 is 0 Å². The summed E-state index contributed by atoms with van der Waals surface area (Å²) < 4.78 is 30.8. The smallest absolute Gasteiger partial charge is 0.135 e. The van der Waals surface area contributed by atoms with Crippen molar-refractivity contribution in [2.45, 2.75) is 51.0 Å². The van der Waals surface area contributed by atoms with Gasteiger partial charge in [0, 0.05) is 6.20 Å². The number of benzene rings is 1. The van der Waals surface area contributed by atoms with Crippen LogP contribution in [0.2, 0.25) is 0 Å². The Morgan fingerprint density at radius 2 is 1.81 bits per heavy atom. The molecule has 0 spiro atoms. The second-order valence-electron chi connectivity index (χ2n) is 10.1. The Morgan fingerprint density at radius 1 is 1.03 bits per heavy atom. The Hall–Kier alpha value is -3.99. The van der Waals surface area contributed by atoms with Crippen molar-refractivity contribution in [3.8, 4) is 28.7 Å². The minimum absolute atomic E-state index is 0.144. The first-order valence-electron chi connectivity index (χ1n) is 12.1. The number of nitrogens with zero attached hydrogens (tertiary/aromatic N) is 6. The fourth-order valence-corrected chi connectivity index (χ4v) is 6.36. The van der Waals surface area contributed by atoms with Crippen molar-refractivity contribution in [1.29, 1.82) is 5.26 Å². The van der Waals surface area contributed by atoms with Crippen molar-refractivity contribution in [1.82, 2.24) is 25.0 Å². The van der Waals surface area contributed by atoms with E-state index in [1.165, 1.54) is 18.2 Å². The van der Waals surface area contributed by atoms with Gasteiger partial charge in [0.05, 0.1) is 52.8 Å². The third-order valence-electron chi connectivity index (χ3n) is 8.14. The van der Waals surface area contributed by atoms with Crippen LogP contribution in [-0.2, 0) is 12.0 Å². The lowest BCUT2D eigenvalue weighted by Gasteiger charge is -2.37. The van der Waals surface area contributed by atoms with Crippen LogP contribution in [0.1, 0.15) is 56.0 Å². The van der Waals surface area contributed by atoms with Gasteiger partial charge in [0.25, 0.3) is 0 Å². The van der Waals surface area contributed by atoms with Gasteiger partial charge < -0.3 is 0 Å². The quantitative estimate of drug-likeness (QED) is 0.359. The van der Waals surface area contributed by atoms with Gasteiger partial charge in [-0.1, -0.05) is 26.0 Å². The SMILES string of the molecule is CC1(C)[C@H]2CC[C@]1(c1cccc(-c3ccn(CCC#N)n3)n1)c1nnc(-c3c(F)cccc3F)cc12. The molecule has 3 heterocycles. The Morgan fingerprint density at radius 3 is 2.58 bits per heavy atom. The number of fused-ring (bicyclic) bond motifs is 5. The first-order valence-corrected chi connectivity index (χ1v) is 12.1. The highest BCUT2D eigenvalue weighted by Crippen LogP contribution is 2.69. The van der Waals surface area contributed by atoms with Gasteiger partial charge in [-0.2, -0.15) is 15.5 Å². The van der Waals surface area contributed by atoms with Crippen LogP contribution in [0, 0.1) is 28.4 Å². The molecule has 2 aliphatic carbocycles. The van der Waals surface area contributed by atoms with E-state index in [9.17, 15) is 8.78 Å². The highest BCUT2D eigenvalue weighted by atomic mass is 19.1. The van der Waals surface area contributed by atoms with E-state index in [0.717, 1.165) is 41.2 Å². The summed E-state index contributed by atoms with van der Waals surface area (Å²) in [6, 6.07) is 15.6. The van der Waals surface area contributed by atoms with E-state index >= 15 is 0 Å². The number of nitriles is 1. The van der Waals surface area contributed by atoms with Gasteiger partial charge >= 0.3 is 0 Å². The Labute approximate surface area is 207 Å². The Bertz CT molecular complexity index is 1520. The molecular weight excluding hydrogens is 458 g/mol. The highest BCUT2D eigenvalue weighted by Gasteiger charge is 2.65. The predicted octanol–water partition coefficient (Wildman–Crippen LogP) is 5.80. The average Bonchev–Trinajstić information content (AvgIpc) is 3.50. The number of aryl methyl sites for hydroxylation is 1. The van der Waals surface area contributed by atoms with E-state index in [2.05, 4.69) is 35.2 Å². The third kappa shape index (κ3) is 3.05. The molecule has 2 aliphatic rings. The van der Waals surface area contributed by atoms with Gasteiger partial charge in [-0.3, -0.25) is 9.67 Å². The van der Waals surface area contributed by atoms with Crippen molar-refractivity contribution in [3.63, 3.8) is 0 Å². The summed E-state index contributed by atoms with van der Waals surface area (Å²) in [6.07, 6.45) is 4.04. The number of aromatic nitrogens is 5. The fourth-order valence-electron chi connectivity index (χ4n) is 6.36. The van der Waals surface area contributed by atoms with Crippen molar-refractivity contribution in [2.24, 2.45) is 5.41 Å². The van der Waals surface area contributed by atoms with Crippen LogP contribution in [-0.4, -0.2) is 25.0 Å². The largest absolute Gasteiger partial charge is 0.271 e. The fraction of sp³-hybridized carbons (Fsp3) is 0.321. The molecule has 2 atom stereocenters. The summed E-state index contributed by atoms with van der Waals surface area (Å²) in [6.45, 7) is 4.98. The second-order valence-corrected chi connectivity index (χ2v) is 10.1. The van der Waals surface area contributed by atoms with Crippen molar-refractivity contribution in [3.05, 3.63) is 83.3 Å². The molecule has 36 heavy (non-hydrogen) atoms. The van der Waals surface area contributed by atoms with Crippen molar-refractivity contribution in [2.75, 3.05) is 0 Å². The standard InChI is InChI=1S/C28H24F2N6/c1-27(2)18-10-12-28(27,24-9-4-8-21(32-24)22-11-15-36(35-22)14-5-13-31)26-17(18)16-23(33-34-26)25-19(29)6-3-7-20(25)30/h3-4,6-9,11,15-16,18H,5,10,12,14H2,1-2H3/t18-,28-/m0/s1. The molecule has 1 fully saturated rings. The molecule has 4 aromatic rings. The Kier molecular flexibility index (Phi) is 5.01. The van der Waals surface area contributed by atoms with Gasteiger partial charge in [0.15, 0.2) is 0 Å². The van der Waals surface area contributed by atoms with Crippen LogP contribution >= 0.6 is 0 Å². The summed E-state index contributed by atoms with van der Waals surface area (Å²) in [7, 11) is 0. The zero-order valence-electron chi connectivity index (χ0n) is 20.0. The summed E-state index contributed by atoms with van der Waals surface area (Å²) in [4.78, 5) is 5.06. The maximum absolute atomic E-state index is 14.5. The molecular formula is C28H24F2N6. The molecule has 1 saturated carbocycles. The molecule has 0 N–H and O–H groups in total. The molecule has 0 radical (unpaired) electrons. The lowest BCUT2D eigenvalue weighted by Crippen LogP contribution is -2.37. The number of halogens is 2.